The molecule has 0 aromatic rings. The van der Waals surface area contributed by atoms with Gasteiger partial charge in [-0.25, -0.2) is 0 Å². The number of nitrogens with one attached hydrogen (secondary N) is 1. The summed E-state index contributed by atoms with van der Waals surface area (Å²) in [6, 6.07) is 0.796. The van der Waals surface area contributed by atoms with Gasteiger partial charge in [-0.1, -0.05) is 6.92 Å². The van der Waals surface area contributed by atoms with Crippen LogP contribution in [-0.2, 0) is 4.74 Å². The molecular weight excluding hydrogens is 262 g/mol. The van der Waals surface area contributed by atoms with Gasteiger partial charge < -0.3 is 19.9 Å². The van der Waals surface area contributed by atoms with Crippen molar-refractivity contribution >= 4 is 0 Å². The zero-order chi connectivity index (χ0) is 15.1. The molecule has 124 valence electrons. The lowest BCUT2D eigenvalue weighted by Gasteiger charge is -2.41. The second-order valence-corrected chi connectivity index (χ2v) is 7.39. The molecule has 0 radical (unpaired) electrons. The fraction of sp³-hybridized carbons (Fsp3) is 1.00. The smallest absolute Gasteiger partial charge is 0.0546 e. The Morgan fingerprint density at radius 2 is 2.00 bits per heavy atom. The van der Waals surface area contributed by atoms with Crippen LogP contribution in [0.4, 0.5) is 0 Å². The third-order valence-electron chi connectivity index (χ3n) is 4.71. The summed E-state index contributed by atoms with van der Waals surface area (Å²) in [5.41, 5.74) is 0.336. The normalized spacial score (nSPS) is 26.7. The zero-order valence-electron chi connectivity index (χ0n) is 14.4. The maximum absolute atomic E-state index is 5.87. The molecule has 0 spiro atoms. The fourth-order valence-electron chi connectivity index (χ4n) is 3.28. The Morgan fingerprint density at radius 3 is 2.57 bits per heavy atom. The van der Waals surface area contributed by atoms with Gasteiger partial charge in [0.1, 0.15) is 0 Å². The highest BCUT2D eigenvalue weighted by Gasteiger charge is 2.36. The number of nitrogens with zero attached hydrogens (tertiary/aromatic N) is 2. The molecule has 1 saturated heterocycles. The van der Waals surface area contributed by atoms with Gasteiger partial charge in [0.25, 0.3) is 0 Å². The van der Waals surface area contributed by atoms with Crippen LogP contribution >= 0.6 is 0 Å². The topological polar surface area (TPSA) is 27.7 Å². The molecular formula is C17H35N3O. The third kappa shape index (κ3) is 6.23. The van der Waals surface area contributed by atoms with E-state index in [1.165, 1.54) is 51.7 Å². The van der Waals surface area contributed by atoms with Crippen LogP contribution < -0.4 is 5.32 Å². The standard InChI is InChI=1S/C17H35N3O/c1-4-9-20(11-10-19(2)3)14-17(8-5-12-21-15-17)13-18-16-6-7-16/h16,18H,4-15H2,1-3H3. The first kappa shape index (κ1) is 17.2. The van der Waals surface area contributed by atoms with Gasteiger partial charge in [0.15, 0.2) is 0 Å². The molecule has 4 nitrogen and oxygen atoms in total. The van der Waals surface area contributed by atoms with Gasteiger partial charge in [-0.3, -0.25) is 0 Å². The third-order valence-corrected chi connectivity index (χ3v) is 4.71. The van der Waals surface area contributed by atoms with E-state index in [4.69, 9.17) is 4.74 Å². The van der Waals surface area contributed by atoms with Crippen molar-refractivity contribution < 1.29 is 4.74 Å². The van der Waals surface area contributed by atoms with Gasteiger partial charge in [-0.15, -0.1) is 0 Å². The van der Waals surface area contributed by atoms with Crippen molar-refractivity contribution in [3.63, 3.8) is 0 Å². The fourth-order valence-corrected chi connectivity index (χ4v) is 3.28. The minimum atomic E-state index is 0.336. The average molecular weight is 297 g/mol. The number of likely N-dealkylation sites (N-methyl/N-ethyl adjacent to an activating group) is 1. The Kier molecular flexibility index (Phi) is 6.93. The largest absolute Gasteiger partial charge is 0.381 e. The number of rotatable bonds is 10. The highest BCUT2D eigenvalue weighted by atomic mass is 16.5. The Labute approximate surface area is 131 Å². The molecule has 21 heavy (non-hydrogen) atoms. The van der Waals surface area contributed by atoms with Crippen LogP contribution in [0.5, 0.6) is 0 Å². The van der Waals surface area contributed by atoms with E-state index < -0.39 is 0 Å². The van der Waals surface area contributed by atoms with Gasteiger partial charge in [0, 0.05) is 44.2 Å². The predicted octanol–water partition coefficient (Wildman–Crippen LogP) is 1.81. The van der Waals surface area contributed by atoms with Gasteiger partial charge in [-0.05, 0) is 52.7 Å². The van der Waals surface area contributed by atoms with E-state index in [0.29, 0.717) is 5.41 Å². The van der Waals surface area contributed by atoms with Gasteiger partial charge in [0.2, 0.25) is 0 Å². The molecule has 1 N–H and O–H groups in total. The van der Waals surface area contributed by atoms with E-state index in [-0.39, 0.29) is 0 Å². The van der Waals surface area contributed by atoms with Gasteiger partial charge >= 0.3 is 0 Å². The van der Waals surface area contributed by atoms with E-state index in [1.807, 2.05) is 0 Å². The molecule has 4 heteroatoms. The van der Waals surface area contributed by atoms with Crippen LogP contribution in [-0.4, -0.2) is 75.9 Å². The van der Waals surface area contributed by atoms with Crippen molar-refractivity contribution in [2.45, 2.75) is 45.1 Å². The molecule has 2 fully saturated rings. The van der Waals surface area contributed by atoms with E-state index in [1.54, 1.807) is 0 Å². The minimum absolute atomic E-state index is 0.336. The molecule has 1 unspecified atom stereocenters. The molecule has 1 heterocycles. The lowest BCUT2D eigenvalue weighted by atomic mass is 9.81. The molecule has 2 aliphatic rings. The highest BCUT2D eigenvalue weighted by molar-refractivity contribution is 4.91. The lowest BCUT2D eigenvalue weighted by molar-refractivity contribution is -0.0270. The molecule has 1 aliphatic heterocycles. The summed E-state index contributed by atoms with van der Waals surface area (Å²) in [5.74, 6) is 0. The first-order valence-electron chi connectivity index (χ1n) is 8.82. The minimum Gasteiger partial charge on any atom is -0.381 e. The number of hydrogen-bond acceptors (Lipinski definition) is 4. The lowest BCUT2D eigenvalue weighted by Crippen LogP contribution is -2.50. The van der Waals surface area contributed by atoms with Crippen molar-refractivity contribution in [2.24, 2.45) is 5.41 Å². The summed E-state index contributed by atoms with van der Waals surface area (Å²) < 4.78 is 5.87. The van der Waals surface area contributed by atoms with E-state index in [0.717, 1.165) is 32.3 Å². The van der Waals surface area contributed by atoms with Crippen LogP contribution in [0.3, 0.4) is 0 Å². The quantitative estimate of drug-likeness (QED) is 0.665. The van der Waals surface area contributed by atoms with Crippen molar-refractivity contribution in [2.75, 3.05) is 60.0 Å². The maximum atomic E-state index is 5.87. The average Bonchev–Trinajstić information content (AvgIpc) is 3.28. The van der Waals surface area contributed by atoms with Crippen molar-refractivity contribution in [1.29, 1.82) is 0 Å². The summed E-state index contributed by atoms with van der Waals surface area (Å²) >= 11 is 0. The monoisotopic (exact) mass is 297 g/mol. The van der Waals surface area contributed by atoms with Crippen molar-refractivity contribution in [3.05, 3.63) is 0 Å². The second kappa shape index (κ2) is 8.47. The Bertz CT molecular complexity index is 286. The Balaban J connectivity index is 1.89. The van der Waals surface area contributed by atoms with Gasteiger partial charge in [-0.2, -0.15) is 0 Å². The summed E-state index contributed by atoms with van der Waals surface area (Å²) in [4.78, 5) is 4.94. The molecule has 1 aliphatic carbocycles. The van der Waals surface area contributed by atoms with Crippen LogP contribution in [0.2, 0.25) is 0 Å². The molecule has 1 atom stereocenters. The number of ether oxygens (including phenoxy) is 1. The molecule has 0 bridgehead atoms. The van der Waals surface area contributed by atoms with Crippen LogP contribution in [0.1, 0.15) is 39.0 Å². The summed E-state index contributed by atoms with van der Waals surface area (Å²) in [5, 5.41) is 3.76. The molecule has 0 aromatic heterocycles. The second-order valence-electron chi connectivity index (χ2n) is 7.39. The predicted molar refractivity (Wildman–Crippen MR) is 88.8 cm³/mol. The van der Waals surface area contributed by atoms with E-state index in [2.05, 4.69) is 36.1 Å². The van der Waals surface area contributed by atoms with Crippen molar-refractivity contribution in [3.8, 4) is 0 Å². The van der Waals surface area contributed by atoms with E-state index >= 15 is 0 Å². The maximum Gasteiger partial charge on any atom is 0.0546 e. The number of hydrogen-bond donors (Lipinski definition) is 1. The Hall–Kier alpha value is -0.160. The van der Waals surface area contributed by atoms with Crippen LogP contribution in [0, 0.1) is 5.41 Å². The first-order chi connectivity index (χ1) is 10.1. The summed E-state index contributed by atoms with van der Waals surface area (Å²) in [6.45, 7) is 10.0. The molecule has 2 rings (SSSR count). The van der Waals surface area contributed by atoms with Crippen LogP contribution in [0.25, 0.3) is 0 Å². The van der Waals surface area contributed by atoms with E-state index in [9.17, 15) is 0 Å². The van der Waals surface area contributed by atoms with Gasteiger partial charge in [0.05, 0.1) is 6.61 Å². The molecule has 1 saturated carbocycles. The Morgan fingerprint density at radius 1 is 1.19 bits per heavy atom. The summed E-state index contributed by atoms with van der Waals surface area (Å²) in [6.07, 6.45) is 6.52. The van der Waals surface area contributed by atoms with Crippen LogP contribution in [0.15, 0.2) is 0 Å². The zero-order valence-corrected chi connectivity index (χ0v) is 14.4. The summed E-state index contributed by atoms with van der Waals surface area (Å²) in [7, 11) is 4.33. The first-order valence-corrected chi connectivity index (χ1v) is 8.82. The molecule has 0 aromatic carbocycles. The van der Waals surface area contributed by atoms with Crippen molar-refractivity contribution in [1.82, 2.24) is 15.1 Å². The molecule has 0 amide bonds. The SMILES string of the molecule is CCCN(CCN(C)C)CC1(CNC2CC2)CCCOC1. The highest BCUT2D eigenvalue weighted by Crippen LogP contribution is 2.31.